The van der Waals surface area contributed by atoms with Gasteiger partial charge in [-0.1, -0.05) is 42.5 Å². The van der Waals surface area contributed by atoms with Crippen LogP contribution in [0.1, 0.15) is 33.4 Å². The lowest BCUT2D eigenvalue weighted by Crippen LogP contribution is -2.54. The van der Waals surface area contributed by atoms with Crippen LogP contribution in [-0.2, 0) is 16.2 Å². The summed E-state index contributed by atoms with van der Waals surface area (Å²) in [5.74, 6) is -0.698. The number of amides is 4. The van der Waals surface area contributed by atoms with E-state index in [9.17, 15) is 14.4 Å². The molecule has 0 atom stereocenters. The molecule has 1 aliphatic heterocycles. The van der Waals surface area contributed by atoms with Crippen molar-refractivity contribution in [2.45, 2.75) is 34.3 Å². The largest absolute Gasteiger partial charge is 0.489 e. The number of benzene rings is 3. The third-order valence-electron chi connectivity index (χ3n) is 6.09. The third kappa shape index (κ3) is 4.62. The average molecular weight is 455 g/mol. The molecule has 4 rings (SSSR count). The number of nitrogens with zero attached hydrogens (tertiary/aromatic N) is 1. The number of anilines is 1. The van der Waals surface area contributed by atoms with Crippen LogP contribution in [0.5, 0.6) is 5.75 Å². The highest BCUT2D eigenvalue weighted by Gasteiger charge is 2.37. The SMILES string of the molecule is Cc1ccc(COc2ccc(/C=C3\C(=O)NC(=O)N(c4cccc(C)c4C)C3=O)cc2)cc1C. The van der Waals surface area contributed by atoms with E-state index in [4.69, 9.17) is 4.74 Å². The maximum absolute atomic E-state index is 13.1. The number of carbonyl (C=O) groups is 3. The summed E-state index contributed by atoms with van der Waals surface area (Å²) in [6.45, 7) is 8.31. The second kappa shape index (κ2) is 9.35. The summed E-state index contributed by atoms with van der Waals surface area (Å²) in [5, 5.41) is 2.27. The fourth-order valence-electron chi connectivity index (χ4n) is 3.74. The molecule has 3 aromatic rings. The molecule has 1 fully saturated rings. The lowest BCUT2D eigenvalue weighted by molar-refractivity contribution is -0.122. The molecule has 0 saturated carbocycles. The van der Waals surface area contributed by atoms with E-state index in [1.54, 1.807) is 36.4 Å². The van der Waals surface area contributed by atoms with Gasteiger partial charge in [0.1, 0.15) is 17.9 Å². The van der Waals surface area contributed by atoms with E-state index in [2.05, 4.69) is 31.3 Å². The minimum absolute atomic E-state index is 0.107. The molecule has 3 aromatic carbocycles. The van der Waals surface area contributed by atoms with Crippen LogP contribution in [0.15, 0.2) is 66.2 Å². The number of hydrogen-bond donors (Lipinski definition) is 1. The van der Waals surface area contributed by atoms with E-state index < -0.39 is 17.8 Å². The van der Waals surface area contributed by atoms with Crippen LogP contribution in [0.3, 0.4) is 0 Å². The molecule has 1 aliphatic rings. The molecule has 4 amide bonds. The molecule has 1 heterocycles. The standard InChI is InChI=1S/C28H26N2O4/c1-17-8-9-22(14-19(17)3)16-34-23-12-10-21(11-13-23)15-24-26(31)29-28(33)30(27(24)32)25-7-5-6-18(2)20(25)4/h5-15H,16H2,1-4H3,(H,29,31,33)/b24-15+. The van der Waals surface area contributed by atoms with Crippen LogP contribution >= 0.6 is 0 Å². The summed E-state index contributed by atoms with van der Waals surface area (Å²) in [6, 6.07) is 17.9. The Hall–Kier alpha value is -4.19. The van der Waals surface area contributed by atoms with Gasteiger partial charge in [0.25, 0.3) is 11.8 Å². The number of ether oxygens (including phenoxy) is 1. The van der Waals surface area contributed by atoms with Crippen LogP contribution in [0.2, 0.25) is 0 Å². The van der Waals surface area contributed by atoms with Crippen molar-refractivity contribution in [1.29, 1.82) is 0 Å². The Bertz CT molecular complexity index is 1320. The molecule has 0 aromatic heterocycles. The molecular formula is C28H26N2O4. The van der Waals surface area contributed by atoms with Crippen molar-refractivity contribution in [2.24, 2.45) is 0 Å². The maximum atomic E-state index is 13.1. The predicted octanol–water partition coefficient (Wildman–Crippen LogP) is 5.17. The van der Waals surface area contributed by atoms with E-state index in [0.717, 1.165) is 21.6 Å². The number of hydrogen-bond acceptors (Lipinski definition) is 4. The van der Waals surface area contributed by atoms with Gasteiger partial charge in [-0.2, -0.15) is 0 Å². The fourth-order valence-corrected chi connectivity index (χ4v) is 3.74. The zero-order valence-electron chi connectivity index (χ0n) is 19.6. The summed E-state index contributed by atoms with van der Waals surface area (Å²) in [6.07, 6.45) is 1.48. The van der Waals surface area contributed by atoms with Crippen LogP contribution in [0.25, 0.3) is 6.08 Å². The Labute approximate surface area is 198 Å². The van der Waals surface area contributed by atoms with Gasteiger partial charge in [0.05, 0.1) is 5.69 Å². The molecule has 0 aliphatic carbocycles. The molecule has 1 N–H and O–H groups in total. The quantitative estimate of drug-likeness (QED) is 0.427. The monoisotopic (exact) mass is 454 g/mol. The first-order valence-corrected chi connectivity index (χ1v) is 11.0. The van der Waals surface area contributed by atoms with Crippen molar-refractivity contribution in [2.75, 3.05) is 4.90 Å². The van der Waals surface area contributed by atoms with Crippen LogP contribution in [-0.4, -0.2) is 17.8 Å². The van der Waals surface area contributed by atoms with E-state index in [-0.39, 0.29) is 5.57 Å². The van der Waals surface area contributed by atoms with Crippen molar-refractivity contribution in [1.82, 2.24) is 5.32 Å². The van der Waals surface area contributed by atoms with Crippen molar-refractivity contribution in [3.63, 3.8) is 0 Å². The Morgan fingerprint density at radius 2 is 1.59 bits per heavy atom. The highest BCUT2D eigenvalue weighted by Crippen LogP contribution is 2.27. The molecule has 172 valence electrons. The summed E-state index contributed by atoms with van der Waals surface area (Å²) in [7, 11) is 0. The molecular weight excluding hydrogens is 428 g/mol. The van der Waals surface area contributed by atoms with Crippen LogP contribution in [0, 0.1) is 27.7 Å². The minimum Gasteiger partial charge on any atom is -0.489 e. The highest BCUT2D eigenvalue weighted by molar-refractivity contribution is 6.39. The van der Waals surface area contributed by atoms with Crippen molar-refractivity contribution >= 4 is 29.6 Å². The van der Waals surface area contributed by atoms with Gasteiger partial charge in [0, 0.05) is 0 Å². The van der Waals surface area contributed by atoms with Gasteiger partial charge in [0.15, 0.2) is 0 Å². The maximum Gasteiger partial charge on any atom is 0.335 e. The van der Waals surface area contributed by atoms with Crippen LogP contribution < -0.4 is 15.0 Å². The van der Waals surface area contributed by atoms with Crippen molar-refractivity contribution in [3.8, 4) is 5.75 Å². The molecule has 6 nitrogen and oxygen atoms in total. The smallest absolute Gasteiger partial charge is 0.335 e. The van der Waals surface area contributed by atoms with Crippen molar-refractivity contribution < 1.29 is 19.1 Å². The first-order valence-electron chi connectivity index (χ1n) is 11.0. The Morgan fingerprint density at radius 3 is 2.29 bits per heavy atom. The first kappa shape index (κ1) is 23.0. The summed E-state index contributed by atoms with van der Waals surface area (Å²) in [5.41, 5.74) is 6.26. The molecule has 0 bridgehead atoms. The van der Waals surface area contributed by atoms with Gasteiger partial charge >= 0.3 is 6.03 Å². The lowest BCUT2D eigenvalue weighted by atomic mass is 10.0. The van der Waals surface area contributed by atoms with Crippen LogP contribution in [0.4, 0.5) is 10.5 Å². The number of carbonyl (C=O) groups excluding carboxylic acids is 3. The van der Waals surface area contributed by atoms with Gasteiger partial charge in [0.2, 0.25) is 0 Å². The molecule has 0 radical (unpaired) electrons. The second-order valence-corrected chi connectivity index (χ2v) is 8.45. The first-order chi connectivity index (χ1) is 16.2. The zero-order valence-corrected chi connectivity index (χ0v) is 19.6. The molecule has 0 spiro atoms. The lowest BCUT2D eigenvalue weighted by Gasteiger charge is -2.28. The number of imide groups is 2. The van der Waals surface area contributed by atoms with Gasteiger partial charge in [-0.3, -0.25) is 14.9 Å². The predicted molar refractivity (Wildman–Crippen MR) is 132 cm³/mol. The van der Waals surface area contributed by atoms with E-state index >= 15 is 0 Å². The fraction of sp³-hybridized carbons (Fsp3) is 0.179. The number of nitrogens with one attached hydrogen (secondary N) is 1. The Morgan fingerprint density at radius 1 is 0.853 bits per heavy atom. The van der Waals surface area contributed by atoms with Gasteiger partial charge in [-0.25, -0.2) is 9.69 Å². The average Bonchev–Trinajstić information content (AvgIpc) is 2.81. The number of rotatable bonds is 5. The summed E-state index contributed by atoms with van der Waals surface area (Å²) in [4.78, 5) is 39.1. The van der Waals surface area contributed by atoms with Gasteiger partial charge in [-0.05, 0) is 85.4 Å². The highest BCUT2D eigenvalue weighted by atomic mass is 16.5. The number of aryl methyl sites for hydroxylation is 3. The Balaban J connectivity index is 1.53. The molecule has 34 heavy (non-hydrogen) atoms. The normalized spacial score (nSPS) is 15.0. The third-order valence-corrected chi connectivity index (χ3v) is 6.09. The Kier molecular flexibility index (Phi) is 6.32. The van der Waals surface area contributed by atoms with Gasteiger partial charge in [-0.15, -0.1) is 0 Å². The molecule has 0 unspecified atom stereocenters. The molecule has 6 heteroatoms. The van der Waals surface area contributed by atoms with E-state index in [1.807, 2.05) is 26.0 Å². The summed E-state index contributed by atoms with van der Waals surface area (Å²) < 4.78 is 5.87. The summed E-state index contributed by atoms with van der Waals surface area (Å²) >= 11 is 0. The zero-order chi connectivity index (χ0) is 24.4. The minimum atomic E-state index is -0.754. The van der Waals surface area contributed by atoms with Gasteiger partial charge < -0.3 is 4.74 Å². The van der Waals surface area contributed by atoms with E-state index in [1.165, 1.54) is 17.2 Å². The molecule has 1 saturated heterocycles. The van der Waals surface area contributed by atoms with E-state index in [0.29, 0.717) is 23.6 Å². The number of urea groups is 1. The second-order valence-electron chi connectivity index (χ2n) is 8.45. The van der Waals surface area contributed by atoms with Crippen molar-refractivity contribution in [3.05, 3.63) is 99.6 Å². The topological polar surface area (TPSA) is 75.7 Å². The number of barbiturate groups is 1.